The summed E-state index contributed by atoms with van der Waals surface area (Å²) in [4.78, 5) is 40.1. The number of hydrogen-bond acceptors (Lipinski definition) is 5. The number of fused-ring (bicyclic) bond motifs is 1. The van der Waals surface area contributed by atoms with Crippen molar-refractivity contribution >= 4 is 23.5 Å². The summed E-state index contributed by atoms with van der Waals surface area (Å²) in [7, 11) is 0. The number of para-hydroxylation sites is 1. The van der Waals surface area contributed by atoms with Crippen molar-refractivity contribution in [1.29, 1.82) is 0 Å². The van der Waals surface area contributed by atoms with E-state index in [9.17, 15) is 14.4 Å². The molecule has 0 radical (unpaired) electrons. The molecule has 0 fully saturated rings. The molecule has 4 aromatic carbocycles. The highest BCUT2D eigenvalue weighted by Gasteiger charge is 2.38. The summed E-state index contributed by atoms with van der Waals surface area (Å²) in [5.74, 6) is -0.109. The summed E-state index contributed by atoms with van der Waals surface area (Å²) < 4.78 is 11.3. The van der Waals surface area contributed by atoms with Crippen molar-refractivity contribution in [3.63, 3.8) is 0 Å². The van der Waals surface area contributed by atoms with Gasteiger partial charge < -0.3 is 9.47 Å². The van der Waals surface area contributed by atoms with Crippen molar-refractivity contribution in [1.82, 2.24) is 0 Å². The third-order valence-electron chi connectivity index (χ3n) is 5.98. The lowest BCUT2D eigenvalue weighted by atomic mass is 10.1. The van der Waals surface area contributed by atoms with Gasteiger partial charge in [0.2, 0.25) is 0 Å². The largest absolute Gasteiger partial charge is 0.457 e. The molecule has 6 nitrogen and oxygen atoms in total. The van der Waals surface area contributed by atoms with E-state index in [0.717, 1.165) is 16.7 Å². The lowest BCUT2D eigenvalue weighted by molar-refractivity contribution is 0.0472. The molecule has 36 heavy (non-hydrogen) atoms. The Labute approximate surface area is 208 Å². The average Bonchev–Trinajstić information content (AvgIpc) is 3.14. The first-order valence-electron chi connectivity index (χ1n) is 11.5. The van der Waals surface area contributed by atoms with Gasteiger partial charge in [-0.25, -0.2) is 9.69 Å². The maximum Gasteiger partial charge on any atom is 0.338 e. The molecule has 0 aromatic heterocycles. The minimum absolute atomic E-state index is 0.0311. The monoisotopic (exact) mass is 477 g/mol. The number of ether oxygens (including phenoxy) is 2. The van der Waals surface area contributed by atoms with E-state index in [2.05, 4.69) is 0 Å². The van der Waals surface area contributed by atoms with Gasteiger partial charge in [-0.1, -0.05) is 42.5 Å². The highest BCUT2D eigenvalue weighted by molar-refractivity contribution is 6.35. The summed E-state index contributed by atoms with van der Waals surface area (Å²) in [5, 5.41) is 0. The second kappa shape index (κ2) is 9.50. The number of esters is 1. The van der Waals surface area contributed by atoms with Gasteiger partial charge >= 0.3 is 5.97 Å². The van der Waals surface area contributed by atoms with E-state index in [-0.39, 0.29) is 23.3 Å². The second-order valence-electron chi connectivity index (χ2n) is 8.63. The number of imide groups is 1. The zero-order chi connectivity index (χ0) is 25.2. The molecule has 4 aromatic rings. The first-order chi connectivity index (χ1) is 17.4. The van der Waals surface area contributed by atoms with Crippen molar-refractivity contribution in [2.45, 2.75) is 20.5 Å². The fraction of sp³-hybridized carbons (Fsp3) is 0.100. The molecule has 178 valence electrons. The molecule has 2 amide bonds. The molecule has 5 rings (SSSR count). The van der Waals surface area contributed by atoms with Gasteiger partial charge in [0.1, 0.15) is 18.1 Å². The Balaban J connectivity index is 1.30. The molecule has 0 N–H and O–H groups in total. The van der Waals surface area contributed by atoms with E-state index in [0.29, 0.717) is 17.2 Å². The van der Waals surface area contributed by atoms with Crippen LogP contribution in [0.15, 0.2) is 91.0 Å². The number of hydrogen-bond donors (Lipinski definition) is 0. The Bertz CT molecular complexity index is 1490. The highest BCUT2D eigenvalue weighted by Crippen LogP contribution is 2.32. The molecule has 0 bridgehead atoms. The van der Waals surface area contributed by atoms with Gasteiger partial charge in [-0.05, 0) is 79.1 Å². The Morgan fingerprint density at radius 1 is 0.750 bits per heavy atom. The van der Waals surface area contributed by atoms with Gasteiger partial charge in [0.15, 0.2) is 0 Å². The summed E-state index contributed by atoms with van der Waals surface area (Å²) in [5.41, 5.74) is 3.71. The maximum atomic E-state index is 13.2. The molecular weight excluding hydrogens is 454 g/mol. The number of carbonyl (C=O) groups excluding carboxylic acids is 3. The Morgan fingerprint density at radius 3 is 2.31 bits per heavy atom. The molecule has 0 aliphatic carbocycles. The topological polar surface area (TPSA) is 72.9 Å². The summed E-state index contributed by atoms with van der Waals surface area (Å²) in [6.45, 7) is 3.78. The van der Waals surface area contributed by atoms with Crippen LogP contribution in [0.1, 0.15) is 47.8 Å². The highest BCUT2D eigenvalue weighted by atomic mass is 16.5. The van der Waals surface area contributed by atoms with Crippen molar-refractivity contribution < 1.29 is 23.9 Å². The molecule has 6 heteroatoms. The van der Waals surface area contributed by atoms with Crippen molar-refractivity contribution in [3.05, 3.63) is 124 Å². The van der Waals surface area contributed by atoms with Crippen LogP contribution in [0.25, 0.3) is 0 Å². The normalized spacial score (nSPS) is 12.4. The predicted molar refractivity (Wildman–Crippen MR) is 136 cm³/mol. The van der Waals surface area contributed by atoms with Gasteiger partial charge in [0, 0.05) is 0 Å². The minimum Gasteiger partial charge on any atom is -0.457 e. The predicted octanol–water partition coefficient (Wildman–Crippen LogP) is 6.25. The third-order valence-corrected chi connectivity index (χ3v) is 5.98. The van der Waals surface area contributed by atoms with Gasteiger partial charge in [-0.15, -0.1) is 0 Å². The van der Waals surface area contributed by atoms with Crippen LogP contribution in [0.5, 0.6) is 11.5 Å². The maximum absolute atomic E-state index is 13.2. The fourth-order valence-electron chi connectivity index (χ4n) is 4.10. The quantitative estimate of drug-likeness (QED) is 0.242. The molecule has 1 heterocycles. The second-order valence-corrected chi connectivity index (χ2v) is 8.63. The standard InChI is InChI=1S/C30H23NO5/c1-19-11-12-20(2)27(15-19)31-28(32)25-14-13-22(17-26(25)29(31)33)30(34)35-18-21-7-6-10-24(16-21)36-23-8-4-3-5-9-23/h3-17H,18H2,1-2H3. The number of aryl methyl sites for hydroxylation is 2. The number of carbonyl (C=O) groups is 3. The third kappa shape index (κ3) is 4.49. The number of anilines is 1. The van der Waals surface area contributed by atoms with Gasteiger partial charge in [-0.2, -0.15) is 0 Å². The van der Waals surface area contributed by atoms with Crippen LogP contribution in [-0.4, -0.2) is 17.8 Å². The van der Waals surface area contributed by atoms with Crippen LogP contribution in [0.2, 0.25) is 0 Å². The molecule has 0 saturated heterocycles. The lowest BCUT2D eigenvalue weighted by Crippen LogP contribution is -2.30. The van der Waals surface area contributed by atoms with Crippen LogP contribution >= 0.6 is 0 Å². The van der Waals surface area contributed by atoms with Crippen molar-refractivity contribution in [3.8, 4) is 11.5 Å². The van der Waals surface area contributed by atoms with Crippen molar-refractivity contribution in [2.75, 3.05) is 4.90 Å². The van der Waals surface area contributed by atoms with Crippen LogP contribution in [-0.2, 0) is 11.3 Å². The number of benzene rings is 4. The van der Waals surface area contributed by atoms with Crippen LogP contribution < -0.4 is 9.64 Å². The van der Waals surface area contributed by atoms with Gasteiger partial charge in [0.05, 0.1) is 22.4 Å². The molecule has 1 aliphatic rings. The fourth-order valence-corrected chi connectivity index (χ4v) is 4.10. The van der Waals surface area contributed by atoms with Crippen LogP contribution in [0, 0.1) is 13.8 Å². The average molecular weight is 478 g/mol. The summed E-state index contributed by atoms with van der Waals surface area (Å²) >= 11 is 0. The van der Waals surface area contributed by atoms with Crippen molar-refractivity contribution in [2.24, 2.45) is 0 Å². The number of amides is 2. The minimum atomic E-state index is -0.586. The van der Waals surface area contributed by atoms with E-state index in [1.54, 1.807) is 6.07 Å². The SMILES string of the molecule is Cc1ccc(C)c(N2C(=O)c3ccc(C(=O)OCc4cccc(Oc5ccccc5)c4)cc3C2=O)c1. The Hall–Kier alpha value is -4.71. The Kier molecular flexibility index (Phi) is 6.09. The zero-order valence-corrected chi connectivity index (χ0v) is 19.9. The first-order valence-corrected chi connectivity index (χ1v) is 11.5. The molecule has 0 saturated carbocycles. The molecule has 0 unspecified atom stereocenters. The smallest absolute Gasteiger partial charge is 0.338 e. The summed E-state index contributed by atoms with van der Waals surface area (Å²) in [6, 6.07) is 26.7. The molecule has 0 atom stereocenters. The van der Waals surface area contributed by atoms with Gasteiger partial charge in [0.25, 0.3) is 11.8 Å². The molecule has 1 aliphatic heterocycles. The van der Waals surface area contributed by atoms with Gasteiger partial charge in [-0.3, -0.25) is 9.59 Å². The Morgan fingerprint density at radius 2 is 1.50 bits per heavy atom. The van der Waals surface area contributed by atoms with E-state index >= 15 is 0 Å². The number of nitrogens with zero attached hydrogens (tertiary/aromatic N) is 1. The van der Waals surface area contributed by atoms with E-state index < -0.39 is 17.8 Å². The van der Waals surface area contributed by atoms with E-state index in [1.165, 1.54) is 23.1 Å². The zero-order valence-electron chi connectivity index (χ0n) is 19.9. The van der Waals surface area contributed by atoms with E-state index in [4.69, 9.17) is 9.47 Å². The molecule has 0 spiro atoms. The van der Waals surface area contributed by atoms with Crippen LogP contribution in [0.3, 0.4) is 0 Å². The lowest BCUT2D eigenvalue weighted by Gasteiger charge is -2.17. The number of rotatable bonds is 6. The first kappa shape index (κ1) is 23.1. The van der Waals surface area contributed by atoms with Crippen LogP contribution in [0.4, 0.5) is 5.69 Å². The summed E-state index contributed by atoms with van der Waals surface area (Å²) in [6.07, 6.45) is 0. The molecular formula is C30H23NO5. The van der Waals surface area contributed by atoms with E-state index in [1.807, 2.05) is 80.6 Å².